The maximum Gasteiger partial charge on any atom is 0.420 e. The zero-order valence-corrected chi connectivity index (χ0v) is 18.0. The largest absolute Gasteiger partial charge is 0.420 e. The number of aryl methyl sites for hydroxylation is 1. The minimum atomic E-state index is -0.475. The van der Waals surface area contributed by atoms with Gasteiger partial charge in [-0.3, -0.25) is 14.3 Å². The lowest BCUT2D eigenvalue weighted by atomic mass is 9.88. The minimum Gasteiger partial charge on any atom is -0.408 e. The van der Waals surface area contributed by atoms with Crippen molar-refractivity contribution in [2.45, 2.75) is 19.5 Å². The molecule has 2 aliphatic rings. The Bertz CT molecular complexity index is 1140. The van der Waals surface area contributed by atoms with Crippen LogP contribution in [0.15, 0.2) is 57.7 Å². The van der Waals surface area contributed by atoms with Gasteiger partial charge < -0.3 is 9.32 Å². The predicted octanol–water partition coefficient (Wildman–Crippen LogP) is 3.09. The number of nitrogens with zero attached hydrogens (tertiary/aromatic N) is 3. The fraction of sp³-hybridized carbons (Fsp3) is 0.391. The van der Waals surface area contributed by atoms with Gasteiger partial charge in [-0.2, -0.15) is 0 Å². The van der Waals surface area contributed by atoms with Crippen molar-refractivity contribution in [3.8, 4) is 0 Å². The van der Waals surface area contributed by atoms with Crippen LogP contribution < -0.4 is 5.76 Å². The van der Waals surface area contributed by atoms with Gasteiger partial charge in [0.05, 0.1) is 5.52 Å². The van der Waals surface area contributed by atoms with Crippen molar-refractivity contribution in [2.75, 3.05) is 26.7 Å². The number of halogens is 1. The molecule has 1 amide bonds. The molecule has 158 valence electrons. The maximum absolute atomic E-state index is 13.0. The van der Waals surface area contributed by atoms with Gasteiger partial charge in [0.1, 0.15) is 6.54 Å². The van der Waals surface area contributed by atoms with Crippen LogP contribution in [0.5, 0.6) is 0 Å². The Kier molecular flexibility index (Phi) is 5.47. The number of hydrogen-bond donors (Lipinski definition) is 0. The number of likely N-dealkylation sites (tertiary alicyclic amines) is 2. The molecule has 3 atom stereocenters. The Morgan fingerprint density at radius 3 is 2.60 bits per heavy atom. The van der Waals surface area contributed by atoms with Gasteiger partial charge in [0.25, 0.3) is 0 Å². The fourth-order valence-electron chi connectivity index (χ4n) is 5.25. The Balaban J connectivity index is 0.00000218. The van der Waals surface area contributed by atoms with Crippen LogP contribution in [0.25, 0.3) is 11.1 Å². The summed E-state index contributed by atoms with van der Waals surface area (Å²) in [5.74, 6) is 0.393. The number of carbonyl (C=O) groups is 1. The minimum absolute atomic E-state index is 0. The first-order valence-corrected chi connectivity index (χ1v) is 10.1. The molecule has 0 spiro atoms. The molecule has 6 nitrogen and oxygen atoms in total. The van der Waals surface area contributed by atoms with Gasteiger partial charge in [0.15, 0.2) is 5.58 Å². The number of aromatic nitrogens is 1. The normalized spacial score (nSPS) is 23.5. The second-order valence-electron chi connectivity index (χ2n) is 8.39. The Morgan fingerprint density at radius 2 is 1.80 bits per heavy atom. The molecule has 2 aromatic carbocycles. The maximum atomic E-state index is 13.0. The summed E-state index contributed by atoms with van der Waals surface area (Å²) >= 11 is 0. The molecule has 3 heterocycles. The van der Waals surface area contributed by atoms with Gasteiger partial charge >= 0.3 is 5.76 Å². The predicted molar refractivity (Wildman–Crippen MR) is 118 cm³/mol. The number of carbonyl (C=O) groups excluding carboxylic acids is 1. The van der Waals surface area contributed by atoms with Crippen LogP contribution in [0.3, 0.4) is 0 Å². The van der Waals surface area contributed by atoms with E-state index in [1.165, 1.54) is 15.7 Å². The van der Waals surface area contributed by atoms with Crippen molar-refractivity contribution >= 4 is 29.4 Å². The highest BCUT2D eigenvalue weighted by molar-refractivity contribution is 5.85. The molecule has 5 rings (SSSR count). The van der Waals surface area contributed by atoms with Crippen LogP contribution in [0.1, 0.15) is 17.2 Å². The third-order valence-electron chi connectivity index (χ3n) is 6.62. The lowest BCUT2D eigenvalue weighted by Gasteiger charge is -2.28. The second kappa shape index (κ2) is 7.93. The van der Waals surface area contributed by atoms with Gasteiger partial charge in [0.2, 0.25) is 5.91 Å². The summed E-state index contributed by atoms with van der Waals surface area (Å²) in [4.78, 5) is 29.6. The molecule has 0 N–H and O–H groups in total. The van der Waals surface area contributed by atoms with Gasteiger partial charge in [-0.15, -0.1) is 12.4 Å². The van der Waals surface area contributed by atoms with E-state index in [0.29, 0.717) is 29.0 Å². The molecule has 30 heavy (non-hydrogen) atoms. The molecular formula is C23H26ClN3O3. The van der Waals surface area contributed by atoms with Gasteiger partial charge in [-0.05, 0) is 43.1 Å². The first-order chi connectivity index (χ1) is 14.0. The molecule has 0 radical (unpaired) electrons. The van der Waals surface area contributed by atoms with Gasteiger partial charge in [0, 0.05) is 31.6 Å². The van der Waals surface area contributed by atoms with Crippen LogP contribution in [0.2, 0.25) is 0 Å². The van der Waals surface area contributed by atoms with E-state index in [9.17, 15) is 9.59 Å². The number of benzene rings is 2. The average Bonchev–Trinajstić information content (AvgIpc) is 3.33. The highest BCUT2D eigenvalue weighted by Crippen LogP contribution is 2.44. The Hall–Kier alpha value is -2.57. The molecule has 3 aromatic rings. The smallest absolute Gasteiger partial charge is 0.408 e. The zero-order chi connectivity index (χ0) is 20.1. The van der Waals surface area contributed by atoms with Crippen LogP contribution >= 0.6 is 12.4 Å². The third-order valence-corrected chi connectivity index (χ3v) is 6.62. The van der Waals surface area contributed by atoms with Gasteiger partial charge in [-0.25, -0.2) is 4.79 Å². The molecule has 0 saturated carbocycles. The van der Waals surface area contributed by atoms with E-state index in [2.05, 4.69) is 43.1 Å². The van der Waals surface area contributed by atoms with E-state index in [-0.39, 0.29) is 24.9 Å². The topological polar surface area (TPSA) is 58.7 Å². The van der Waals surface area contributed by atoms with Crippen molar-refractivity contribution in [3.05, 3.63) is 70.2 Å². The number of para-hydroxylation sites is 2. The summed E-state index contributed by atoms with van der Waals surface area (Å²) in [6.45, 7) is 4.66. The van der Waals surface area contributed by atoms with Crippen molar-refractivity contribution in [3.63, 3.8) is 0 Å². The van der Waals surface area contributed by atoms with Crippen molar-refractivity contribution in [2.24, 2.45) is 11.8 Å². The monoisotopic (exact) mass is 427 g/mol. The summed E-state index contributed by atoms with van der Waals surface area (Å²) in [5.41, 5.74) is 3.84. The molecule has 7 heteroatoms. The van der Waals surface area contributed by atoms with Crippen molar-refractivity contribution in [1.82, 2.24) is 14.4 Å². The molecule has 0 bridgehead atoms. The lowest BCUT2D eigenvalue weighted by molar-refractivity contribution is -0.131. The quantitative estimate of drug-likeness (QED) is 0.644. The van der Waals surface area contributed by atoms with E-state index in [1.54, 1.807) is 6.07 Å². The molecule has 2 saturated heterocycles. The third kappa shape index (κ3) is 3.34. The first kappa shape index (κ1) is 20.7. The van der Waals surface area contributed by atoms with E-state index < -0.39 is 5.76 Å². The fourth-order valence-corrected chi connectivity index (χ4v) is 5.25. The average molecular weight is 428 g/mol. The van der Waals surface area contributed by atoms with Crippen molar-refractivity contribution < 1.29 is 9.21 Å². The molecule has 1 aromatic heterocycles. The number of hydrogen-bond acceptors (Lipinski definition) is 4. The zero-order valence-electron chi connectivity index (χ0n) is 17.2. The summed E-state index contributed by atoms with van der Waals surface area (Å²) in [7, 11) is 2.18. The molecule has 2 aliphatic heterocycles. The molecule has 2 fully saturated rings. The van der Waals surface area contributed by atoms with Gasteiger partial charge in [-0.1, -0.05) is 36.4 Å². The summed E-state index contributed by atoms with van der Waals surface area (Å²) < 4.78 is 6.71. The summed E-state index contributed by atoms with van der Waals surface area (Å²) in [6.07, 6.45) is 0. The molecular weight excluding hydrogens is 402 g/mol. The lowest BCUT2D eigenvalue weighted by Crippen LogP contribution is -2.36. The van der Waals surface area contributed by atoms with Crippen LogP contribution in [-0.2, 0) is 11.3 Å². The number of amides is 1. The highest BCUT2D eigenvalue weighted by Gasteiger charge is 2.47. The Morgan fingerprint density at radius 1 is 1.07 bits per heavy atom. The van der Waals surface area contributed by atoms with Crippen LogP contribution in [0.4, 0.5) is 0 Å². The van der Waals surface area contributed by atoms with Crippen LogP contribution in [0, 0.1) is 18.8 Å². The van der Waals surface area contributed by atoms with E-state index in [4.69, 9.17) is 4.42 Å². The SMILES string of the molecule is Cc1ccccc1[C@H]1[C@@H]2CN(C(=O)Cn3c(=O)oc4ccccc43)C[C@@H]2CN1C.Cl. The number of rotatable bonds is 3. The highest BCUT2D eigenvalue weighted by atomic mass is 35.5. The number of oxazole rings is 1. The second-order valence-corrected chi connectivity index (χ2v) is 8.39. The van der Waals surface area contributed by atoms with E-state index in [0.717, 1.165) is 19.6 Å². The van der Waals surface area contributed by atoms with Crippen molar-refractivity contribution in [1.29, 1.82) is 0 Å². The first-order valence-electron chi connectivity index (χ1n) is 10.1. The summed E-state index contributed by atoms with van der Waals surface area (Å²) in [5, 5.41) is 0. The summed E-state index contributed by atoms with van der Waals surface area (Å²) in [6, 6.07) is 16.1. The number of fused-ring (bicyclic) bond motifs is 2. The molecule has 0 aliphatic carbocycles. The molecule has 0 unspecified atom stereocenters. The van der Waals surface area contributed by atoms with E-state index in [1.807, 2.05) is 23.1 Å². The van der Waals surface area contributed by atoms with Crippen LogP contribution in [-0.4, -0.2) is 47.0 Å². The Labute approximate surface area is 181 Å². The standard InChI is InChI=1S/C23H25N3O3.ClH/c1-15-7-3-4-8-17(15)22-18-13-25(12-16(18)11-24(22)2)21(27)14-26-19-9-5-6-10-20(19)29-23(26)28;/h3-10,16,18,22H,11-14H2,1-2H3;1H/t16-,18+,22-;/m0./s1. The van der Waals surface area contributed by atoms with E-state index >= 15 is 0 Å².